The van der Waals surface area contributed by atoms with Gasteiger partial charge in [0.2, 0.25) is 5.28 Å². The second kappa shape index (κ2) is 5.67. The average Bonchev–Trinajstić information content (AvgIpc) is 2.39. The maximum absolute atomic E-state index is 12.0. The minimum atomic E-state index is -0.284. The molecule has 6 heteroatoms. The van der Waals surface area contributed by atoms with E-state index in [1.165, 1.54) is 6.20 Å². The van der Waals surface area contributed by atoms with Crippen LogP contribution in [0.3, 0.4) is 0 Å². The number of ether oxygens (including phenoxy) is 1. The third kappa shape index (κ3) is 3.20. The molecule has 0 fully saturated rings. The maximum atomic E-state index is 12.0. The third-order valence-electron chi connectivity index (χ3n) is 2.54. The van der Waals surface area contributed by atoms with Gasteiger partial charge in [-0.2, -0.15) is 0 Å². The Hall–Kier alpha value is -2.14. The fourth-order valence-electron chi connectivity index (χ4n) is 1.55. The van der Waals surface area contributed by atoms with Crippen LogP contribution in [-0.2, 0) is 0 Å². The number of halogens is 1. The van der Waals surface area contributed by atoms with Crippen molar-refractivity contribution in [2.24, 2.45) is 0 Å². The fourth-order valence-corrected chi connectivity index (χ4v) is 1.70. The van der Waals surface area contributed by atoms with Crippen molar-refractivity contribution in [3.63, 3.8) is 0 Å². The highest BCUT2D eigenvalue weighted by Gasteiger charge is 2.09. The molecule has 0 aliphatic rings. The van der Waals surface area contributed by atoms with Gasteiger partial charge >= 0.3 is 0 Å². The summed E-state index contributed by atoms with van der Waals surface area (Å²) in [6.45, 7) is 1.91. The Morgan fingerprint density at radius 3 is 2.84 bits per heavy atom. The molecule has 0 saturated carbocycles. The predicted molar refractivity (Wildman–Crippen MR) is 72.7 cm³/mol. The number of methoxy groups -OCH3 is 1. The van der Waals surface area contributed by atoms with Crippen molar-refractivity contribution in [2.45, 2.75) is 6.92 Å². The van der Waals surface area contributed by atoms with Crippen molar-refractivity contribution >= 4 is 23.3 Å². The van der Waals surface area contributed by atoms with E-state index in [0.29, 0.717) is 17.1 Å². The first-order valence-electron chi connectivity index (χ1n) is 5.54. The zero-order valence-electron chi connectivity index (χ0n) is 10.5. The van der Waals surface area contributed by atoms with Crippen molar-refractivity contribution in [3.8, 4) is 5.75 Å². The van der Waals surface area contributed by atoms with Crippen molar-refractivity contribution in [1.82, 2.24) is 9.97 Å². The van der Waals surface area contributed by atoms with Crippen LogP contribution < -0.4 is 10.1 Å². The molecule has 2 rings (SSSR count). The van der Waals surface area contributed by atoms with Crippen LogP contribution in [0.25, 0.3) is 0 Å². The number of carbonyl (C=O) groups excluding carboxylic acids is 1. The normalized spacial score (nSPS) is 10.1. The summed E-state index contributed by atoms with van der Waals surface area (Å²) < 4.78 is 5.18. The minimum absolute atomic E-state index is 0.0827. The van der Waals surface area contributed by atoms with Crippen LogP contribution in [0.5, 0.6) is 5.75 Å². The van der Waals surface area contributed by atoms with Crippen LogP contribution in [0.2, 0.25) is 5.28 Å². The molecule has 0 aliphatic heterocycles. The van der Waals surface area contributed by atoms with Crippen LogP contribution in [-0.4, -0.2) is 23.0 Å². The molecular weight excluding hydrogens is 266 g/mol. The van der Waals surface area contributed by atoms with E-state index in [2.05, 4.69) is 15.3 Å². The smallest absolute Gasteiger partial charge is 0.256 e. The zero-order valence-corrected chi connectivity index (χ0v) is 11.2. The van der Waals surface area contributed by atoms with Crippen molar-refractivity contribution in [2.75, 3.05) is 12.4 Å². The summed E-state index contributed by atoms with van der Waals surface area (Å²) in [7, 11) is 1.56. The number of hydrogen-bond acceptors (Lipinski definition) is 4. The van der Waals surface area contributed by atoms with Crippen LogP contribution in [0.15, 0.2) is 30.5 Å². The number of carbonyl (C=O) groups is 1. The van der Waals surface area contributed by atoms with Gasteiger partial charge in [0.05, 0.1) is 7.11 Å². The molecule has 98 valence electrons. The van der Waals surface area contributed by atoms with E-state index in [1.807, 2.05) is 13.0 Å². The van der Waals surface area contributed by atoms with Crippen LogP contribution in [0.4, 0.5) is 5.82 Å². The second-order valence-electron chi connectivity index (χ2n) is 3.85. The Labute approximate surface area is 115 Å². The molecule has 5 nitrogen and oxygen atoms in total. The van der Waals surface area contributed by atoms with E-state index < -0.39 is 0 Å². The molecule has 1 heterocycles. The summed E-state index contributed by atoms with van der Waals surface area (Å²) in [4.78, 5) is 19.7. The number of benzene rings is 1. The molecule has 0 atom stereocenters. The van der Waals surface area contributed by atoms with E-state index >= 15 is 0 Å². The topological polar surface area (TPSA) is 64.1 Å². The van der Waals surface area contributed by atoms with Gasteiger partial charge in [0, 0.05) is 11.8 Å². The Morgan fingerprint density at radius 2 is 2.16 bits per heavy atom. The Morgan fingerprint density at radius 1 is 1.37 bits per heavy atom. The summed E-state index contributed by atoms with van der Waals surface area (Å²) >= 11 is 5.65. The number of amides is 1. The molecule has 0 unspecified atom stereocenters. The first-order chi connectivity index (χ1) is 9.10. The van der Waals surface area contributed by atoms with Gasteiger partial charge in [-0.05, 0) is 42.3 Å². The van der Waals surface area contributed by atoms with Crippen LogP contribution >= 0.6 is 11.6 Å². The van der Waals surface area contributed by atoms with E-state index in [4.69, 9.17) is 16.3 Å². The van der Waals surface area contributed by atoms with Gasteiger partial charge < -0.3 is 10.1 Å². The fraction of sp³-hybridized carbons (Fsp3) is 0.154. The number of anilines is 1. The van der Waals surface area contributed by atoms with Gasteiger partial charge in [-0.15, -0.1) is 0 Å². The highest BCUT2D eigenvalue weighted by atomic mass is 35.5. The van der Waals surface area contributed by atoms with Gasteiger partial charge in [-0.25, -0.2) is 9.97 Å². The Bertz CT molecular complexity index is 617. The first kappa shape index (κ1) is 13.3. The molecular formula is C13H12ClN3O2. The molecule has 1 aromatic carbocycles. The highest BCUT2D eigenvalue weighted by molar-refractivity contribution is 6.28. The number of nitrogens with one attached hydrogen (secondary N) is 1. The number of hydrogen-bond donors (Lipinski definition) is 1. The molecule has 19 heavy (non-hydrogen) atoms. The van der Waals surface area contributed by atoms with Gasteiger partial charge in [0.15, 0.2) is 0 Å². The van der Waals surface area contributed by atoms with Gasteiger partial charge in [0.1, 0.15) is 11.6 Å². The van der Waals surface area contributed by atoms with E-state index in [1.54, 1.807) is 25.3 Å². The number of nitrogens with zero attached hydrogens (tertiary/aromatic N) is 2. The number of rotatable bonds is 3. The summed E-state index contributed by atoms with van der Waals surface area (Å²) in [6.07, 6.45) is 1.47. The minimum Gasteiger partial charge on any atom is -0.496 e. The van der Waals surface area contributed by atoms with E-state index in [-0.39, 0.29) is 11.2 Å². The second-order valence-corrected chi connectivity index (χ2v) is 4.19. The molecule has 0 bridgehead atoms. The summed E-state index contributed by atoms with van der Waals surface area (Å²) in [5.74, 6) is 0.728. The quantitative estimate of drug-likeness (QED) is 0.876. The lowest BCUT2D eigenvalue weighted by atomic mass is 10.1. The van der Waals surface area contributed by atoms with E-state index in [9.17, 15) is 4.79 Å². The van der Waals surface area contributed by atoms with Crippen molar-refractivity contribution in [1.29, 1.82) is 0 Å². The molecule has 0 spiro atoms. The Balaban J connectivity index is 2.20. The third-order valence-corrected chi connectivity index (χ3v) is 2.72. The predicted octanol–water partition coefficient (Wildman–Crippen LogP) is 2.70. The SMILES string of the molecule is COc1cc(C(=O)Nc2ccnc(Cl)n2)ccc1C. The van der Waals surface area contributed by atoms with Crippen molar-refractivity contribution in [3.05, 3.63) is 46.9 Å². The molecule has 2 aromatic rings. The lowest BCUT2D eigenvalue weighted by Crippen LogP contribution is -2.13. The standard InChI is InChI=1S/C13H12ClN3O2/c1-8-3-4-9(7-10(8)19-2)12(18)16-11-5-6-15-13(14)17-11/h3-7H,1-2H3,(H,15,16,17,18). The zero-order chi connectivity index (χ0) is 13.8. The average molecular weight is 278 g/mol. The van der Waals surface area contributed by atoms with Gasteiger partial charge in [-0.3, -0.25) is 4.79 Å². The van der Waals surface area contributed by atoms with Gasteiger partial charge in [-0.1, -0.05) is 6.07 Å². The van der Waals surface area contributed by atoms with Gasteiger partial charge in [0.25, 0.3) is 5.91 Å². The summed E-state index contributed by atoms with van der Waals surface area (Å²) in [5.41, 5.74) is 1.45. The molecule has 0 saturated heterocycles. The van der Waals surface area contributed by atoms with Crippen molar-refractivity contribution < 1.29 is 9.53 Å². The number of aromatic nitrogens is 2. The van der Waals surface area contributed by atoms with E-state index in [0.717, 1.165) is 5.56 Å². The maximum Gasteiger partial charge on any atom is 0.256 e. The largest absolute Gasteiger partial charge is 0.496 e. The molecule has 1 amide bonds. The van der Waals surface area contributed by atoms with Crippen LogP contribution in [0, 0.1) is 6.92 Å². The van der Waals surface area contributed by atoms with Crippen LogP contribution in [0.1, 0.15) is 15.9 Å². The number of aryl methyl sites for hydroxylation is 1. The molecule has 0 aliphatic carbocycles. The monoisotopic (exact) mass is 277 g/mol. The Kier molecular flexibility index (Phi) is 3.97. The molecule has 0 radical (unpaired) electrons. The highest BCUT2D eigenvalue weighted by Crippen LogP contribution is 2.19. The summed E-state index contributed by atoms with van der Waals surface area (Å²) in [6, 6.07) is 6.78. The summed E-state index contributed by atoms with van der Waals surface area (Å²) in [5, 5.41) is 2.72. The lowest BCUT2D eigenvalue weighted by Gasteiger charge is -2.08. The lowest BCUT2D eigenvalue weighted by molar-refractivity contribution is 0.102. The molecule has 1 N–H and O–H groups in total. The first-order valence-corrected chi connectivity index (χ1v) is 5.92. The molecule has 1 aromatic heterocycles.